The third-order valence-corrected chi connectivity index (χ3v) is 2.43. The van der Waals surface area contributed by atoms with Gasteiger partial charge in [0, 0.05) is 20.2 Å². The van der Waals surface area contributed by atoms with E-state index < -0.39 is 11.6 Å². The van der Waals surface area contributed by atoms with Crippen molar-refractivity contribution in [1.29, 1.82) is 0 Å². The van der Waals surface area contributed by atoms with E-state index in [1.807, 2.05) is 0 Å². The molecule has 18 heavy (non-hydrogen) atoms. The molecule has 1 aromatic carbocycles. The van der Waals surface area contributed by atoms with Crippen LogP contribution >= 0.6 is 0 Å². The summed E-state index contributed by atoms with van der Waals surface area (Å²) in [4.78, 5) is 0. The highest BCUT2D eigenvalue weighted by Crippen LogP contribution is 2.09. The van der Waals surface area contributed by atoms with E-state index in [0.717, 1.165) is 24.7 Å². The van der Waals surface area contributed by atoms with Crippen molar-refractivity contribution in [1.82, 2.24) is 5.32 Å². The Morgan fingerprint density at radius 1 is 1.06 bits per heavy atom. The zero-order valence-electron chi connectivity index (χ0n) is 10.5. The second-order valence-electron chi connectivity index (χ2n) is 3.85. The van der Waals surface area contributed by atoms with Crippen LogP contribution in [0.15, 0.2) is 18.2 Å². The lowest BCUT2D eigenvalue weighted by molar-refractivity contribution is 0.135. The Kier molecular flexibility index (Phi) is 7.48. The summed E-state index contributed by atoms with van der Waals surface area (Å²) in [7, 11) is 1.65. The lowest BCUT2D eigenvalue weighted by atomic mass is 10.1. The molecule has 0 saturated heterocycles. The minimum absolute atomic E-state index is 0.497. The summed E-state index contributed by atoms with van der Waals surface area (Å²) in [5, 5.41) is 3.14. The topological polar surface area (TPSA) is 30.5 Å². The standard InChI is InChI=1S/C13H19F2NO2/c1-17-8-5-16-6-9-18-7-4-11-2-3-12(14)13(15)10-11/h2-3,10,16H,4-9H2,1H3. The van der Waals surface area contributed by atoms with Crippen molar-refractivity contribution in [2.45, 2.75) is 6.42 Å². The molecule has 0 heterocycles. The van der Waals surface area contributed by atoms with Crippen molar-refractivity contribution in [2.75, 3.05) is 40.0 Å². The zero-order valence-corrected chi connectivity index (χ0v) is 10.5. The van der Waals surface area contributed by atoms with Crippen LogP contribution in [-0.4, -0.2) is 40.0 Å². The minimum atomic E-state index is -0.818. The summed E-state index contributed by atoms with van der Waals surface area (Å²) in [5.41, 5.74) is 0.737. The number of methoxy groups -OCH3 is 1. The van der Waals surface area contributed by atoms with Gasteiger partial charge in [-0.05, 0) is 24.1 Å². The summed E-state index contributed by atoms with van der Waals surface area (Å²) in [6.07, 6.45) is 0.579. The van der Waals surface area contributed by atoms with Crippen LogP contribution in [0.2, 0.25) is 0 Å². The highest BCUT2D eigenvalue weighted by atomic mass is 19.2. The van der Waals surface area contributed by atoms with E-state index in [9.17, 15) is 8.78 Å². The summed E-state index contributed by atoms with van der Waals surface area (Å²) in [5.74, 6) is -1.63. The molecule has 0 aromatic heterocycles. The molecule has 0 bridgehead atoms. The molecule has 3 nitrogen and oxygen atoms in total. The largest absolute Gasteiger partial charge is 0.383 e. The molecule has 5 heteroatoms. The third kappa shape index (κ3) is 6.05. The lowest BCUT2D eigenvalue weighted by Gasteiger charge is -2.06. The van der Waals surface area contributed by atoms with Crippen LogP contribution in [0.25, 0.3) is 0 Å². The van der Waals surface area contributed by atoms with Gasteiger partial charge < -0.3 is 14.8 Å². The maximum absolute atomic E-state index is 12.9. The van der Waals surface area contributed by atoms with Crippen LogP contribution in [0, 0.1) is 11.6 Å². The van der Waals surface area contributed by atoms with E-state index in [0.29, 0.717) is 26.2 Å². The van der Waals surface area contributed by atoms with Gasteiger partial charge >= 0.3 is 0 Å². The van der Waals surface area contributed by atoms with E-state index in [4.69, 9.17) is 9.47 Å². The molecule has 0 amide bonds. The van der Waals surface area contributed by atoms with Gasteiger partial charge in [0.25, 0.3) is 0 Å². The van der Waals surface area contributed by atoms with E-state index in [-0.39, 0.29) is 0 Å². The van der Waals surface area contributed by atoms with Crippen LogP contribution in [0.3, 0.4) is 0 Å². The molecule has 0 fully saturated rings. The van der Waals surface area contributed by atoms with Gasteiger partial charge in [0.15, 0.2) is 11.6 Å². The van der Waals surface area contributed by atoms with Gasteiger partial charge in [0.1, 0.15) is 0 Å². The molecule has 0 aliphatic heterocycles. The number of rotatable bonds is 9. The van der Waals surface area contributed by atoms with Crippen LogP contribution in [0.4, 0.5) is 8.78 Å². The summed E-state index contributed by atoms with van der Waals surface area (Å²) in [6, 6.07) is 3.91. The molecular weight excluding hydrogens is 240 g/mol. The van der Waals surface area contributed by atoms with Crippen molar-refractivity contribution >= 4 is 0 Å². The monoisotopic (exact) mass is 259 g/mol. The summed E-state index contributed by atoms with van der Waals surface area (Å²) in [6.45, 7) is 3.31. The number of nitrogens with one attached hydrogen (secondary N) is 1. The second kappa shape index (κ2) is 8.97. The molecule has 0 radical (unpaired) electrons. The Morgan fingerprint density at radius 3 is 2.56 bits per heavy atom. The highest BCUT2D eigenvalue weighted by Gasteiger charge is 2.02. The minimum Gasteiger partial charge on any atom is -0.383 e. The van der Waals surface area contributed by atoms with Crippen molar-refractivity contribution in [3.05, 3.63) is 35.4 Å². The fourth-order valence-corrected chi connectivity index (χ4v) is 1.43. The van der Waals surface area contributed by atoms with Gasteiger partial charge in [0.05, 0.1) is 19.8 Å². The van der Waals surface area contributed by atoms with Crippen molar-refractivity contribution in [2.24, 2.45) is 0 Å². The first-order valence-electron chi connectivity index (χ1n) is 5.95. The van der Waals surface area contributed by atoms with Crippen molar-refractivity contribution in [3.8, 4) is 0 Å². The molecule has 1 rings (SSSR count). The third-order valence-electron chi connectivity index (χ3n) is 2.43. The van der Waals surface area contributed by atoms with E-state index in [1.165, 1.54) is 6.07 Å². The molecule has 0 saturated carbocycles. The zero-order chi connectivity index (χ0) is 13.2. The SMILES string of the molecule is COCCNCCOCCc1ccc(F)c(F)c1. The number of benzene rings is 1. The Morgan fingerprint density at radius 2 is 1.83 bits per heavy atom. The molecule has 102 valence electrons. The average Bonchev–Trinajstić information content (AvgIpc) is 2.37. The smallest absolute Gasteiger partial charge is 0.159 e. The molecule has 0 atom stereocenters. The molecular formula is C13H19F2NO2. The van der Waals surface area contributed by atoms with Crippen LogP contribution < -0.4 is 5.32 Å². The maximum atomic E-state index is 12.9. The Hall–Kier alpha value is -1.04. The number of ether oxygens (including phenoxy) is 2. The Balaban J connectivity index is 2.05. The second-order valence-corrected chi connectivity index (χ2v) is 3.85. The maximum Gasteiger partial charge on any atom is 0.159 e. The number of halogens is 2. The normalized spacial score (nSPS) is 10.8. The average molecular weight is 259 g/mol. The highest BCUT2D eigenvalue weighted by molar-refractivity contribution is 5.17. The van der Waals surface area contributed by atoms with E-state index >= 15 is 0 Å². The molecule has 0 aliphatic carbocycles. The first-order chi connectivity index (χ1) is 8.74. The van der Waals surface area contributed by atoms with Crippen LogP contribution in [0.5, 0.6) is 0 Å². The Bertz CT molecular complexity index is 348. The molecule has 1 aromatic rings. The molecule has 0 unspecified atom stereocenters. The van der Waals surface area contributed by atoms with Crippen molar-refractivity contribution in [3.63, 3.8) is 0 Å². The van der Waals surface area contributed by atoms with Gasteiger partial charge in [0.2, 0.25) is 0 Å². The fourth-order valence-electron chi connectivity index (χ4n) is 1.43. The summed E-state index contributed by atoms with van der Waals surface area (Å²) >= 11 is 0. The first-order valence-corrected chi connectivity index (χ1v) is 5.95. The van der Waals surface area contributed by atoms with Crippen LogP contribution in [-0.2, 0) is 15.9 Å². The van der Waals surface area contributed by atoms with Crippen molar-refractivity contribution < 1.29 is 18.3 Å². The number of hydrogen-bond donors (Lipinski definition) is 1. The van der Waals surface area contributed by atoms with E-state index in [2.05, 4.69) is 5.32 Å². The van der Waals surface area contributed by atoms with Gasteiger partial charge in [-0.25, -0.2) is 8.78 Å². The first kappa shape index (κ1) is 15.0. The van der Waals surface area contributed by atoms with Gasteiger partial charge in [-0.2, -0.15) is 0 Å². The Labute approximate surface area is 106 Å². The van der Waals surface area contributed by atoms with Gasteiger partial charge in [-0.1, -0.05) is 6.07 Å². The van der Waals surface area contributed by atoms with Crippen LogP contribution in [0.1, 0.15) is 5.56 Å². The summed E-state index contributed by atoms with van der Waals surface area (Å²) < 4.78 is 35.8. The lowest BCUT2D eigenvalue weighted by Crippen LogP contribution is -2.23. The van der Waals surface area contributed by atoms with Gasteiger partial charge in [-0.3, -0.25) is 0 Å². The quantitative estimate of drug-likeness (QED) is 0.685. The molecule has 1 N–H and O–H groups in total. The number of hydrogen-bond acceptors (Lipinski definition) is 3. The predicted octanol–water partition coefficient (Wildman–Crippen LogP) is 1.76. The fraction of sp³-hybridized carbons (Fsp3) is 0.538. The molecule has 0 aliphatic rings. The van der Waals surface area contributed by atoms with Gasteiger partial charge in [-0.15, -0.1) is 0 Å². The predicted molar refractivity (Wildman–Crippen MR) is 65.6 cm³/mol. The van der Waals surface area contributed by atoms with E-state index in [1.54, 1.807) is 13.2 Å². The molecule has 0 spiro atoms.